The largest absolute Gasteiger partial charge is 0.760 e. The first kappa shape index (κ1) is 11.0. The van der Waals surface area contributed by atoms with Gasteiger partial charge in [-0.2, -0.15) is 0 Å². The van der Waals surface area contributed by atoms with Crippen LogP contribution in [0.5, 0.6) is 11.5 Å². The third-order valence-corrected chi connectivity index (χ3v) is 2.02. The molecule has 0 heterocycles. The number of rotatable bonds is 4. The Kier molecular flexibility index (Phi) is 3.87. The van der Waals surface area contributed by atoms with Gasteiger partial charge in [0.25, 0.3) is 0 Å². The van der Waals surface area contributed by atoms with Crippen molar-refractivity contribution in [3.05, 3.63) is 23.8 Å². The molecule has 0 amide bonds. The Labute approximate surface area is 84.1 Å². The van der Waals surface area contributed by atoms with Crippen LogP contribution in [0, 0.1) is 0 Å². The monoisotopic (exact) mass is 216 g/mol. The lowest BCUT2D eigenvalue weighted by Gasteiger charge is -2.09. The zero-order chi connectivity index (χ0) is 10.6. The minimum atomic E-state index is -2.28. The normalized spacial score (nSPS) is 12.4. The van der Waals surface area contributed by atoms with Gasteiger partial charge in [-0.3, -0.25) is 4.21 Å². The maximum absolute atomic E-state index is 10.2. The minimum absolute atomic E-state index is 0.0273. The SMILES string of the molecule is COc1cc(CNS(=O)[O-])ccc1O. The fourth-order valence-electron chi connectivity index (χ4n) is 0.974. The molecule has 0 aromatic heterocycles. The van der Waals surface area contributed by atoms with Crippen molar-refractivity contribution in [1.82, 2.24) is 4.72 Å². The smallest absolute Gasteiger partial charge is 0.160 e. The van der Waals surface area contributed by atoms with Crippen LogP contribution in [0.3, 0.4) is 0 Å². The molecule has 0 aliphatic rings. The number of hydrogen-bond acceptors (Lipinski definition) is 4. The zero-order valence-corrected chi connectivity index (χ0v) is 8.34. The molecule has 78 valence electrons. The maximum Gasteiger partial charge on any atom is 0.160 e. The van der Waals surface area contributed by atoms with Crippen molar-refractivity contribution < 1.29 is 18.6 Å². The van der Waals surface area contributed by atoms with E-state index in [9.17, 15) is 13.9 Å². The van der Waals surface area contributed by atoms with E-state index in [1.54, 1.807) is 12.1 Å². The highest BCUT2D eigenvalue weighted by atomic mass is 32.2. The Balaban J connectivity index is 2.74. The van der Waals surface area contributed by atoms with E-state index in [0.717, 1.165) is 0 Å². The van der Waals surface area contributed by atoms with E-state index in [4.69, 9.17) is 4.74 Å². The molecule has 0 saturated heterocycles. The van der Waals surface area contributed by atoms with E-state index in [0.29, 0.717) is 11.3 Å². The molecule has 1 aromatic carbocycles. The van der Waals surface area contributed by atoms with Crippen LogP contribution in [-0.4, -0.2) is 21.0 Å². The number of hydrogen-bond donors (Lipinski definition) is 2. The topological polar surface area (TPSA) is 81.6 Å². The Hall–Kier alpha value is -1.11. The van der Waals surface area contributed by atoms with Crippen molar-refractivity contribution in [2.45, 2.75) is 6.54 Å². The van der Waals surface area contributed by atoms with E-state index in [2.05, 4.69) is 4.72 Å². The van der Waals surface area contributed by atoms with Crippen LogP contribution in [0.1, 0.15) is 5.56 Å². The highest BCUT2D eigenvalue weighted by Gasteiger charge is 2.01. The number of ether oxygens (including phenoxy) is 1. The summed E-state index contributed by atoms with van der Waals surface area (Å²) in [4.78, 5) is 0. The van der Waals surface area contributed by atoms with Gasteiger partial charge >= 0.3 is 0 Å². The van der Waals surface area contributed by atoms with Gasteiger partial charge in [0, 0.05) is 17.8 Å². The number of nitrogens with one attached hydrogen (secondary N) is 1. The summed E-state index contributed by atoms with van der Waals surface area (Å²) >= 11 is -2.28. The van der Waals surface area contributed by atoms with Crippen LogP contribution >= 0.6 is 0 Å². The Morgan fingerprint density at radius 1 is 1.64 bits per heavy atom. The summed E-state index contributed by atoms with van der Waals surface area (Å²) in [6.07, 6.45) is 0. The summed E-state index contributed by atoms with van der Waals surface area (Å²) < 4.78 is 27.5. The third kappa shape index (κ3) is 2.99. The maximum atomic E-state index is 10.2. The quantitative estimate of drug-likeness (QED) is 0.708. The lowest BCUT2D eigenvalue weighted by molar-refractivity contribution is 0.373. The molecular weight excluding hydrogens is 206 g/mol. The molecule has 6 heteroatoms. The molecule has 1 aromatic rings. The standard InChI is InChI=1S/C8H11NO4S/c1-13-8-4-6(2-3-7(8)10)5-9-14(11)12/h2-4,9-10H,5H2,1H3,(H,11,12)/p-1. The molecule has 0 saturated carbocycles. The molecule has 0 aliphatic heterocycles. The predicted molar refractivity (Wildman–Crippen MR) is 50.4 cm³/mol. The van der Waals surface area contributed by atoms with Gasteiger partial charge in [-0.15, -0.1) is 0 Å². The van der Waals surface area contributed by atoms with Crippen LogP contribution in [0.2, 0.25) is 0 Å². The summed E-state index contributed by atoms with van der Waals surface area (Å²) in [5.74, 6) is 0.348. The summed E-state index contributed by atoms with van der Waals surface area (Å²) in [5.41, 5.74) is 0.712. The predicted octanol–water partition coefficient (Wildman–Crippen LogP) is 0.285. The second-order valence-electron chi connectivity index (χ2n) is 2.56. The summed E-state index contributed by atoms with van der Waals surface area (Å²) in [6, 6.07) is 4.62. The summed E-state index contributed by atoms with van der Waals surface area (Å²) in [7, 11) is 1.43. The first-order chi connectivity index (χ1) is 6.63. The average molecular weight is 216 g/mol. The Morgan fingerprint density at radius 2 is 2.36 bits per heavy atom. The molecular formula is C8H10NO4S-. The van der Waals surface area contributed by atoms with Gasteiger partial charge in [0.05, 0.1) is 7.11 Å². The zero-order valence-electron chi connectivity index (χ0n) is 7.52. The fraction of sp³-hybridized carbons (Fsp3) is 0.250. The summed E-state index contributed by atoms with van der Waals surface area (Å²) in [6.45, 7) is 0.173. The van der Waals surface area contributed by atoms with Gasteiger partial charge in [0.2, 0.25) is 0 Å². The molecule has 14 heavy (non-hydrogen) atoms. The van der Waals surface area contributed by atoms with Crippen LogP contribution in [0.25, 0.3) is 0 Å². The van der Waals surface area contributed by atoms with E-state index in [-0.39, 0.29) is 12.3 Å². The van der Waals surface area contributed by atoms with Gasteiger partial charge in [-0.25, -0.2) is 4.72 Å². The first-order valence-corrected chi connectivity index (χ1v) is 4.89. The van der Waals surface area contributed by atoms with Gasteiger partial charge < -0.3 is 14.4 Å². The van der Waals surface area contributed by atoms with E-state index < -0.39 is 11.3 Å². The van der Waals surface area contributed by atoms with Crippen LogP contribution in [-0.2, 0) is 17.8 Å². The van der Waals surface area contributed by atoms with E-state index in [1.165, 1.54) is 13.2 Å². The van der Waals surface area contributed by atoms with Crippen molar-refractivity contribution in [3.8, 4) is 11.5 Å². The van der Waals surface area contributed by atoms with Crippen molar-refractivity contribution >= 4 is 11.3 Å². The molecule has 1 unspecified atom stereocenters. The van der Waals surface area contributed by atoms with Gasteiger partial charge in [-0.1, -0.05) is 6.07 Å². The molecule has 0 radical (unpaired) electrons. The van der Waals surface area contributed by atoms with Crippen LogP contribution in [0.15, 0.2) is 18.2 Å². The second-order valence-corrected chi connectivity index (χ2v) is 3.32. The number of methoxy groups -OCH3 is 1. The third-order valence-electron chi connectivity index (χ3n) is 1.64. The van der Waals surface area contributed by atoms with Crippen molar-refractivity contribution in [1.29, 1.82) is 0 Å². The number of phenolic OH excluding ortho intramolecular Hbond substituents is 1. The van der Waals surface area contributed by atoms with Crippen molar-refractivity contribution in [2.24, 2.45) is 0 Å². The first-order valence-electron chi connectivity index (χ1n) is 3.82. The van der Waals surface area contributed by atoms with E-state index >= 15 is 0 Å². The highest BCUT2D eigenvalue weighted by molar-refractivity contribution is 7.77. The van der Waals surface area contributed by atoms with Gasteiger partial charge in [-0.05, 0) is 17.7 Å². The molecule has 0 fully saturated rings. The molecule has 5 nitrogen and oxygen atoms in total. The fourth-order valence-corrected chi connectivity index (χ4v) is 1.26. The number of benzene rings is 1. The lowest BCUT2D eigenvalue weighted by Crippen LogP contribution is -2.15. The minimum Gasteiger partial charge on any atom is -0.760 e. The van der Waals surface area contributed by atoms with Crippen LogP contribution < -0.4 is 9.46 Å². The lowest BCUT2D eigenvalue weighted by atomic mass is 10.2. The second kappa shape index (κ2) is 4.94. The molecule has 0 aliphatic carbocycles. The number of phenols is 1. The number of aromatic hydroxyl groups is 1. The Morgan fingerprint density at radius 3 is 2.93 bits per heavy atom. The highest BCUT2D eigenvalue weighted by Crippen LogP contribution is 2.25. The molecule has 0 spiro atoms. The van der Waals surface area contributed by atoms with Crippen molar-refractivity contribution in [3.63, 3.8) is 0 Å². The summed E-state index contributed by atoms with van der Waals surface area (Å²) in [5, 5.41) is 9.25. The van der Waals surface area contributed by atoms with Crippen molar-refractivity contribution in [2.75, 3.05) is 7.11 Å². The molecule has 0 bridgehead atoms. The van der Waals surface area contributed by atoms with Gasteiger partial charge in [0.1, 0.15) is 0 Å². The Bertz CT molecular complexity index is 342. The van der Waals surface area contributed by atoms with Crippen LogP contribution in [0.4, 0.5) is 0 Å². The average Bonchev–Trinajstić information content (AvgIpc) is 2.16. The molecule has 1 rings (SSSR count). The van der Waals surface area contributed by atoms with Gasteiger partial charge in [0.15, 0.2) is 11.5 Å². The van der Waals surface area contributed by atoms with E-state index in [1.807, 2.05) is 0 Å². The molecule has 1 atom stereocenters. The molecule has 2 N–H and O–H groups in total.